The van der Waals surface area contributed by atoms with Gasteiger partial charge in [0.2, 0.25) is 0 Å². The summed E-state index contributed by atoms with van der Waals surface area (Å²) >= 11 is 0. The Balaban J connectivity index is 0.860. The second-order valence-electron chi connectivity index (χ2n) is 19.6. The number of nitrogens with zero attached hydrogens (tertiary/aromatic N) is 2. The Hall–Kier alpha value is -9.96. The molecule has 3 heteroatoms. The first kappa shape index (κ1) is 42.7. The van der Waals surface area contributed by atoms with Crippen LogP contribution in [0, 0.1) is 0 Å². The Morgan fingerprint density at radius 3 is 1.49 bits per heavy atom. The van der Waals surface area contributed by atoms with E-state index in [0.29, 0.717) is 0 Å². The average Bonchev–Trinajstić information content (AvgIpc) is 4.05. The van der Waals surface area contributed by atoms with Crippen LogP contribution in [0.3, 0.4) is 0 Å². The first-order valence-corrected chi connectivity index (χ1v) is 25.7. The molecule has 0 spiro atoms. The molecule has 0 bridgehead atoms. The van der Waals surface area contributed by atoms with E-state index in [1.807, 2.05) is 0 Å². The van der Waals surface area contributed by atoms with Crippen LogP contribution in [0.1, 0.15) is 0 Å². The number of fused-ring (bicyclic) bond motifs is 11. The Labute approximate surface area is 434 Å². The van der Waals surface area contributed by atoms with Crippen molar-refractivity contribution in [1.29, 1.82) is 0 Å². The van der Waals surface area contributed by atoms with Crippen LogP contribution >= 0.6 is 0 Å². The van der Waals surface area contributed by atoms with Crippen LogP contribution in [0.5, 0.6) is 0 Å². The van der Waals surface area contributed by atoms with Crippen molar-refractivity contribution in [2.75, 3.05) is 4.90 Å². The van der Waals surface area contributed by atoms with Gasteiger partial charge in [0.15, 0.2) is 0 Å². The van der Waals surface area contributed by atoms with Gasteiger partial charge in [0.25, 0.3) is 0 Å². The summed E-state index contributed by atoms with van der Waals surface area (Å²) in [5.41, 5.74) is 17.8. The van der Waals surface area contributed by atoms with Gasteiger partial charge in [-0.1, -0.05) is 194 Å². The maximum Gasteiger partial charge on any atom is 0.143 e. The van der Waals surface area contributed by atoms with Gasteiger partial charge in [-0.05, 0) is 151 Å². The molecule has 15 rings (SSSR count). The van der Waals surface area contributed by atoms with Crippen LogP contribution in [-0.2, 0) is 0 Å². The summed E-state index contributed by atoms with van der Waals surface area (Å²) in [6.45, 7) is 0. The molecule has 0 saturated heterocycles. The van der Waals surface area contributed by atoms with Gasteiger partial charge in [-0.15, -0.1) is 0 Å². The predicted molar refractivity (Wildman–Crippen MR) is 317 cm³/mol. The van der Waals surface area contributed by atoms with E-state index >= 15 is 0 Å². The van der Waals surface area contributed by atoms with Crippen LogP contribution in [0.2, 0.25) is 0 Å². The molecule has 350 valence electrons. The zero-order valence-corrected chi connectivity index (χ0v) is 40.9. The van der Waals surface area contributed by atoms with Crippen LogP contribution in [0.25, 0.3) is 126 Å². The molecule has 0 unspecified atom stereocenters. The zero-order valence-electron chi connectivity index (χ0n) is 40.9. The van der Waals surface area contributed by atoms with Gasteiger partial charge in [0.05, 0.1) is 16.7 Å². The zero-order chi connectivity index (χ0) is 49.4. The first-order valence-electron chi connectivity index (χ1n) is 25.7. The van der Waals surface area contributed by atoms with Crippen molar-refractivity contribution < 1.29 is 4.42 Å². The Kier molecular flexibility index (Phi) is 9.89. The number of para-hydroxylation sites is 2. The van der Waals surface area contributed by atoms with E-state index in [9.17, 15) is 0 Å². The van der Waals surface area contributed by atoms with E-state index < -0.39 is 0 Å². The minimum absolute atomic E-state index is 0.892. The molecule has 2 aromatic heterocycles. The van der Waals surface area contributed by atoms with Gasteiger partial charge in [0, 0.05) is 49.6 Å². The van der Waals surface area contributed by atoms with Crippen LogP contribution in [-0.4, -0.2) is 4.57 Å². The molecule has 0 aliphatic rings. The number of aromatic nitrogens is 1. The van der Waals surface area contributed by atoms with Gasteiger partial charge in [-0.3, -0.25) is 0 Å². The van der Waals surface area contributed by atoms with Crippen molar-refractivity contribution in [3.8, 4) is 50.2 Å². The van der Waals surface area contributed by atoms with Crippen molar-refractivity contribution in [1.82, 2.24) is 4.57 Å². The van der Waals surface area contributed by atoms with Crippen molar-refractivity contribution in [2.45, 2.75) is 0 Å². The fraction of sp³-hybridized carbons (Fsp3) is 0. The standard InChI is InChI=1S/C72H46N2O/c1-2-13-49(14-3-1)66-45-56(55-28-27-52-26-25-50-15-4-6-19-60(50)65(52)44-55)34-41-70(66)73(58-38-31-48(32-39-58)54-35-42-71-67(46-54)64-40-33-51-16-5-7-20-61(51)72(64)75-71)57-36-29-47(30-37-57)53-17-12-18-59(43-53)74-68-23-10-8-21-62(68)63-22-9-11-24-69(63)74/h1-46H. The Bertz CT molecular complexity index is 4640. The molecule has 75 heavy (non-hydrogen) atoms. The molecule has 0 aliphatic carbocycles. The third-order valence-corrected chi connectivity index (χ3v) is 15.4. The van der Waals surface area contributed by atoms with Crippen LogP contribution in [0.15, 0.2) is 283 Å². The molecule has 0 radical (unpaired) electrons. The number of hydrogen-bond acceptors (Lipinski definition) is 2. The molecule has 0 fully saturated rings. The maximum atomic E-state index is 6.51. The molecule has 2 heterocycles. The summed E-state index contributed by atoms with van der Waals surface area (Å²) in [6.07, 6.45) is 0. The molecule has 0 N–H and O–H groups in total. The molecule has 0 amide bonds. The lowest BCUT2D eigenvalue weighted by atomic mass is 9.93. The lowest BCUT2D eigenvalue weighted by Gasteiger charge is -2.29. The topological polar surface area (TPSA) is 21.3 Å². The third-order valence-electron chi connectivity index (χ3n) is 15.4. The fourth-order valence-electron chi connectivity index (χ4n) is 11.7. The summed E-state index contributed by atoms with van der Waals surface area (Å²) < 4.78 is 8.90. The van der Waals surface area contributed by atoms with Gasteiger partial charge < -0.3 is 13.9 Å². The quantitative estimate of drug-likeness (QED) is 0.142. The van der Waals surface area contributed by atoms with Crippen LogP contribution < -0.4 is 4.90 Å². The van der Waals surface area contributed by atoms with E-state index in [4.69, 9.17) is 4.42 Å². The van der Waals surface area contributed by atoms with E-state index in [2.05, 4.69) is 289 Å². The van der Waals surface area contributed by atoms with Gasteiger partial charge >= 0.3 is 0 Å². The number of anilines is 3. The second kappa shape index (κ2) is 17.4. The summed E-state index contributed by atoms with van der Waals surface area (Å²) in [6, 6.07) is 102. The lowest BCUT2D eigenvalue weighted by molar-refractivity contribution is 0.672. The van der Waals surface area contributed by atoms with E-state index in [-0.39, 0.29) is 0 Å². The Morgan fingerprint density at radius 2 is 0.773 bits per heavy atom. The smallest absolute Gasteiger partial charge is 0.143 e. The predicted octanol–water partition coefficient (Wildman–Crippen LogP) is 20.3. The van der Waals surface area contributed by atoms with E-state index in [1.165, 1.54) is 54.3 Å². The number of hydrogen-bond donors (Lipinski definition) is 0. The molecule has 3 nitrogen and oxygen atoms in total. The van der Waals surface area contributed by atoms with Gasteiger partial charge in [0.1, 0.15) is 11.2 Å². The minimum Gasteiger partial charge on any atom is -0.455 e. The summed E-state index contributed by atoms with van der Waals surface area (Å²) in [7, 11) is 0. The maximum absolute atomic E-state index is 6.51. The minimum atomic E-state index is 0.892. The van der Waals surface area contributed by atoms with E-state index in [1.54, 1.807) is 0 Å². The summed E-state index contributed by atoms with van der Waals surface area (Å²) in [5.74, 6) is 0. The Morgan fingerprint density at radius 1 is 0.280 bits per heavy atom. The van der Waals surface area contributed by atoms with Crippen LogP contribution in [0.4, 0.5) is 17.1 Å². The third kappa shape index (κ3) is 7.20. The second-order valence-corrected chi connectivity index (χ2v) is 19.6. The first-order chi connectivity index (χ1) is 37.2. The van der Waals surface area contributed by atoms with Crippen molar-refractivity contribution in [3.63, 3.8) is 0 Å². The average molecular weight is 955 g/mol. The van der Waals surface area contributed by atoms with E-state index in [0.717, 1.165) is 89.0 Å². The van der Waals surface area contributed by atoms with Crippen molar-refractivity contribution in [2.24, 2.45) is 0 Å². The highest BCUT2D eigenvalue weighted by Gasteiger charge is 2.21. The highest BCUT2D eigenvalue weighted by Crippen LogP contribution is 2.45. The normalized spacial score (nSPS) is 11.7. The van der Waals surface area contributed by atoms with Crippen molar-refractivity contribution in [3.05, 3.63) is 279 Å². The van der Waals surface area contributed by atoms with Gasteiger partial charge in [-0.25, -0.2) is 0 Å². The fourth-order valence-corrected chi connectivity index (χ4v) is 11.7. The molecular formula is C72H46N2O. The summed E-state index contributed by atoms with van der Waals surface area (Å²) in [4.78, 5) is 2.42. The molecule has 0 aliphatic heterocycles. The van der Waals surface area contributed by atoms with Crippen molar-refractivity contribution >= 4 is 93.1 Å². The molecular weight excluding hydrogens is 909 g/mol. The summed E-state index contributed by atoms with van der Waals surface area (Å²) in [5, 5.41) is 12.1. The highest BCUT2D eigenvalue weighted by molar-refractivity contribution is 6.16. The van der Waals surface area contributed by atoms with Gasteiger partial charge in [-0.2, -0.15) is 0 Å². The lowest BCUT2D eigenvalue weighted by Crippen LogP contribution is -2.11. The SMILES string of the molecule is c1ccc(-c2cc(-c3ccc4ccc5ccccc5c4c3)ccc2N(c2ccc(-c3cccc(-n4c5ccccc5c5ccccc54)c3)cc2)c2ccc(-c3ccc4oc5c6ccccc6ccc5c4c3)cc2)cc1. The molecule has 13 aromatic carbocycles. The largest absolute Gasteiger partial charge is 0.455 e. The number of rotatable bonds is 8. The highest BCUT2D eigenvalue weighted by atomic mass is 16.3. The molecule has 0 saturated carbocycles. The monoisotopic (exact) mass is 954 g/mol. The number of furan rings is 1. The molecule has 0 atom stereocenters. The molecule has 15 aromatic rings. The number of benzene rings is 13.